The highest BCUT2D eigenvalue weighted by atomic mass is 16.5. The number of nitrogens with zero attached hydrogens (tertiary/aromatic N) is 1. The van der Waals surface area contributed by atoms with Gasteiger partial charge in [0.05, 0.1) is 31.0 Å². The molecule has 0 atom stereocenters. The number of pyridine rings is 1. The Morgan fingerprint density at radius 3 is 2.36 bits per heavy atom. The van der Waals surface area contributed by atoms with E-state index in [1.54, 1.807) is 32.4 Å². The Labute approximate surface area is 145 Å². The number of aryl methyl sites for hydroxylation is 2. The lowest BCUT2D eigenvalue weighted by atomic mass is 9.99. The first-order valence-corrected chi connectivity index (χ1v) is 7.83. The van der Waals surface area contributed by atoms with Crippen molar-refractivity contribution in [3.05, 3.63) is 53.1 Å². The zero-order chi connectivity index (χ0) is 18.1. The van der Waals surface area contributed by atoms with Crippen LogP contribution >= 0.6 is 0 Å². The van der Waals surface area contributed by atoms with E-state index in [4.69, 9.17) is 14.5 Å². The first kappa shape index (κ1) is 16.8. The van der Waals surface area contributed by atoms with E-state index in [1.807, 2.05) is 32.0 Å². The number of aromatic carboxylic acids is 1. The van der Waals surface area contributed by atoms with Crippen molar-refractivity contribution in [1.82, 2.24) is 4.98 Å². The molecule has 5 nitrogen and oxygen atoms in total. The van der Waals surface area contributed by atoms with Crippen LogP contribution in [0.1, 0.15) is 21.5 Å². The van der Waals surface area contributed by atoms with Crippen LogP contribution in [0, 0.1) is 13.8 Å². The number of carboxylic acid groups (broad SMARTS) is 1. The molecule has 1 N–H and O–H groups in total. The van der Waals surface area contributed by atoms with Crippen molar-refractivity contribution in [2.45, 2.75) is 13.8 Å². The summed E-state index contributed by atoms with van der Waals surface area (Å²) in [5.41, 5.74) is 4.33. The molecule has 3 rings (SSSR count). The monoisotopic (exact) mass is 337 g/mol. The Hall–Kier alpha value is -3.08. The molecule has 0 saturated carbocycles. The van der Waals surface area contributed by atoms with Gasteiger partial charge in [-0.25, -0.2) is 9.78 Å². The maximum Gasteiger partial charge on any atom is 0.336 e. The van der Waals surface area contributed by atoms with Gasteiger partial charge in [-0.1, -0.05) is 12.1 Å². The summed E-state index contributed by atoms with van der Waals surface area (Å²) in [6.45, 7) is 3.94. The molecule has 2 aromatic carbocycles. The number of carbonyl (C=O) groups is 1. The van der Waals surface area contributed by atoms with Crippen molar-refractivity contribution in [2.24, 2.45) is 0 Å². The normalized spacial score (nSPS) is 10.7. The fraction of sp³-hybridized carbons (Fsp3) is 0.200. The van der Waals surface area contributed by atoms with E-state index < -0.39 is 5.97 Å². The van der Waals surface area contributed by atoms with Crippen molar-refractivity contribution in [2.75, 3.05) is 14.2 Å². The molecule has 0 aliphatic carbocycles. The first-order chi connectivity index (χ1) is 12.0. The summed E-state index contributed by atoms with van der Waals surface area (Å²) in [6.07, 6.45) is 0. The van der Waals surface area contributed by atoms with Crippen molar-refractivity contribution < 1.29 is 19.4 Å². The molecule has 0 unspecified atom stereocenters. The third-order valence-electron chi connectivity index (χ3n) is 4.42. The van der Waals surface area contributed by atoms with Gasteiger partial charge in [0.15, 0.2) is 11.5 Å². The van der Waals surface area contributed by atoms with Crippen LogP contribution in [0.3, 0.4) is 0 Å². The standard InChI is InChI=1S/C20H19NO4/c1-11-5-7-14-15(20(22)23)10-16(21-19(14)12(11)2)13-6-8-17(24-3)18(9-13)25-4/h5-10H,1-4H3,(H,22,23). The van der Waals surface area contributed by atoms with Crippen molar-refractivity contribution >= 4 is 16.9 Å². The fourth-order valence-electron chi connectivity index (χ4n) is 2.85. The molecule has 0 bridgehead atoms. The largest absolute Gasteiger partial charge is 0.493 e. The Morgan fingerprint density at radius 2 is 1.72 bits per heavy atom. The molecule has 1 aromatic heterocycles. The number of hydrogen-bond donors (Lipinski definition) is 1. The molecule has 1 heterocycles. The molecular formula is C20H19NO4. The molecular weight excluding hydrogens is 318 g/mol. The maximum atomic E-state index is 11.7. The Bertz CT molecular complexity index is 979. The smallest absolute Gasteiger partial charge is 0.336 e. The minimum Gasteiger partial charge on any atom is -0.493 e. The molecule has 0 radical (unpaired) electrons. The van der Waals surface area contributed by atoms with Gasteiger partial charge in [-0.3, -0.25) is 0 Å². The van der Waals surface area contributed by atoms with Crippen molar-refractivity contribution in [3.63, 3.8) is 0 Å². The summed E-state index contributed by atoms with van der Waals surface area (Å²) in [4.78, 5) is 16.5. The first-order valence-electron chi connectivity index (χ1n) is 7.83. The van der Waals surface area contributed by atoms with Crippen LogP contribution in [-0.2, 0) is 0 Å². The molecule has 0 fully saturated rings. The van der Waals surface area contributed by atoms with Gasteiger partial charge >= 0.3 is 5.97 Å². The number of aromatic nitrogens is 1. The average Bonchev–Trinajstić information content (AvgIpc) is 2.63. The second-order valence-corrected chi connectivity index (χ2v) is 5.83. The fourth-order valence-corrected chi connectivity index (χ4v) is 2.85. The number of fused-ring (bicyclic) bond motifs is 1. The predicted molar refractivity (Wildman–Crippen MR) is 96.7 cm³/mol. The summed E-state index contributed by atoms with van der Waals surface area (Å²) in [7, 11) is 3.13. The van der Waals surface area contributed by atoms with Crippen LogP contribution in [0.4, 0.5) is 0 Å². The average molecular weight is 337 g/mol. The van der Waals surface area contributed by atoms with Crippen LogP contribution in [0.2, 0.25) is 0 Å². The van der Waals surface area contributed by atoms with E-state index in [2.05, 4.69) is 0 Å². The van der Waals surface area contributed by atoms with E-state index in [9.17, 15) is 9.90 Å². The van der Waals surface area contributed by atoms with Crippen LogP contribution in [0.15, 0.2) is 36.4 Å². The highest BCUT2D eigenvalue weighted by Gasteiger charge is 2.16. The highest BCUT2D eigenvalue weighted by Crippen LogP contribution is 2.34. The molecule has 25 heavy (non-hydrogen) atoms. The summed E-state index contributed by atoms with van der Waals surface area (Å²) >= 11 is 0. The number of ether oxygens (including phenoxy) is 2. The van der Waals surface area contributed by atoms with Gasteiger partial charge in [0.1, 0.15) is 0 Å². The summed E-state index contributed by atoms with van der Waals surface area (Å²) in [5, 5.41) is 10.3. The quantitative estimate of drug-likeness (QED) is 0.771. The molecule has 0 aliphatic heterocycles. The molecule has 0 amide bonds. The van der Waals surface area contributed by atoms with Gasteiger partial charge in [-0.15, -0.1) is 0 Å². The molecule has 3 aromatic rings. The summed E-state index contributed by atoms with van der Waals surface area (Å²) in [6, 6.07) is 10.7. The van der Waals surface area contributed by atoms with Crippen molar-refractivity contribution in [3.8, 4) is 22.8 Å². The van der Waals surface area contributed by atoms with E-state index >= 15 is 0 Å². The highest BCUT2D eigenvalue weighted by molar-refractivity contribution is 6.04. The molecule has 5 heteroatoms. The lowest BCUT2D eigenvalue weighted by molar-refractivity contribution is 0.0699. The van der Waals surface area contributed by atoms with Gasteiger partial charge in [-0.05, 0) is 49.2 Å². The number of methoxy groups -OCH3 is 2. The summed E-state index contributed by atoms with van der Waals surface area (Å²) in [5.74, 6) is 0.203. The summed E-state index contributed by atoms with van der Waals surface area (Å²) < 4.78 is 10.6. The molecule has 0 saturated heterocycles. The SMILES string of the molecule is COc1ccc(-c2cc(C(=O)O)c3ccc(C)c(C)c3n2)cc1OC. The van der Waals surface area contributed by atoms with Gasteiger partial charge in [0.2, 0.25) is 0 Å². The number of carboxylic acids is 1. The third-order valence-corrected chi connectivity index (χ3v) is 4.42. The third kappa shape index (κ3) is 2.89. The lowest BCUT2D eigenvalue weighted by Crippen LogP contribution is -2.02. The van der Waals surface area contributed by atoms with E-state index in [1.165, 1.54) is 0 Å². The number of benzene rings is 2. The van der Waals surface area contributed by atoms with Gasteiger partial charge < -0.3 is 14.6 Å². The molecule has 128 valence electrons. The van der Waals surface area contributed by atoms with Gasteiger partial charge in [0, 0.05) is 10.9 Å². The minimum atomic E-state index is -0.975. The second kappa shape index (κ2) is 6.43. The zero-order valence-corrected chi connectivity index (χ0v) is 14.6. The van der Waals surface area contributed by atoms with E-state index in [0.717, 1.165) is 16.7 Å². The van der Waals surface area contributed by atoms with Crippen LogP contribution in [0.5, 0.6) is 11.5 Å². The maximum absolute atomic E-state index is 11.7. The van der Waals surface area contributed by atoms with Gasteiger partial charge in [0.25, 0.3) is 0 Å². The second-order valence-electron chi connectivity index (χ2n) is 5.83. The predicted octanol–water partition coefficient (Wildman–Crippen LogP) is 4.23. The van der Waals surface area contributed by atoms with Gasteiger partial charge in [-0.2, -0.15) is 0 Å². The van der Waals surface area contributed by atoms with Crippen LogP contribution in [-0.4, -0.2) is 30.3 Å². The molecule has 0 spiro atoms. The topological polar surface area (TPSA) is 68.7 Å². The van der Waals surface area contributed by atoms with Crippen molar-refractivity contribution in [1.29, 1.82) is 0 Å². The van der Waals surface area contributed by atoms with Crippen LogP contribution in [0.25, 0.3) is 22.2 Å². The van der Waals surface area contributed by atoms with Crippen LogP contribution < -0.4 is 9.47 Å². The number of hydrogen-bond acceptors (Lipinski definition) is 4. The lowest BCUT2D eigenvalue weighted by Gasteiger charge is -2.12. The number of rotatable bonds is 4. The zero-order valence-electron chi connectivity index (χ0n) is 14.6. The Morgan fingerprint density at radius 1 is 1.00 bits per heavy atom. The van der Waals surface area contributed by atoms with E-state index in [-0.39, 0.29) is 5.56 Å². The minimum absolute atomic E-state index is 0.234. The Kier molecular flexibility index (Phi) is 4.31. The molecule has 0 aliphatic rings. The Balaban J connectivity index is 2.30. The van der Waals surface area contributed by atoms with E-state index in [0.29, 0.717) is 28.1 Å².